The molecule has 0 aliphatic heterocycles. The first-order valence-electron chi connectivity index (χ1n) is 9.72. The molecule has 8 nitrogen and oxygen atoms in total. The second-order valence-corrected chi connectivity index (χ2v) is 9.67. The molecule has 1 N–H and O–H groups in total. The summed E-state index contributed by atoms with van der Waals surface area (Å²) in [6, 6.07) is 6.23. The van der Waals surface area contributed by atoms with Gasteiger partial charge in [-0.2, -0.15) is 9.37 Å². The van der Waals surface area contributed by atoms with E-state index in [1.54, 1.807) is 19.1 Å². The number of rotatable bonds is 10. The number of halogens is 1. The number of aryl methyl sites for hydroxylation is 1. The van der Waals surface area contributed by atoms with Gasteiger partial charge in [-0.1, -0.05) is 30.7 Å². The number of nitrogens with one attached hydrogen (secondary N) is 1. The average Bonchev–Trinajstić information content (AvgIpc) is 3.21. The van der Waals surface area contributed by atoms with Crippen LogP contribution in [-0.2, 0) is 9.84 Å². The number of thiazole rings is 1. The van der Waals surface area contributed by atoms with Crippen molar-refractivity contribution in [2.24, 2.45) is 0 Å². The SMILES string of the molecule is CCCCOc1nc(C)nc(Nc2ncc(S(=O)(=O)c3cccc(OCC)c3)s2)c1F. The van der Waals surface area contributed by atoms with Crippen molar-refractivity contribution < 1.29 is 22.3 Å². The fourth-order valence-corrected chi connectivity index (χ4v) is 5.05. The Labute approximate surface area is 184 Å². The van der Waals surface area contributed by atoms with E-state index in [1.165, 1.54) is 18.3 Å². The molecule has 0 saturated heterocycles. The summed E-state index contributed by atoms with van der Waals surface area (Å²) < 4.78 is 51.4. The number of anilines is 2. The largest absolute Gasteiger partial charge is 0.494 e. The summed E-state index contributed by atoms with van der Waals surface area (Å²) in [4.78, 5) is 12.2. The van der Waals surface area contributed by atoms with Gasteiger partial charge in [-0.15, -0.1) is 0 Å². The zero-order valence-electron chi connectivity index (χ0n) is 17.4. The van der Waals surface area contributed by atoms with Gasteiger partial charge < -0.3 is 14.8 Å². The van der Waals surface area contributed by atoms with Crippen molar-refractivity contribution in [3.05, 3.63) is 42.1 Å². The van der Waals surface area contributed by atoms with Gasteiger partial charge in [0.05, 0.1) is 24.3 Å². The van der Waals surface area contributed by atoms with E-state index in [0.717, 1.165) is 24.2 Å². The first-order chi connectivity index (χ1) is 14.8. The van der Waals surface area contributed by atoms with E-state index in [9.17, 15) is 12.8 Å². The highest BCUT2D eigenvalue weighted by Crippen LogP contribution is 2.32. The maximum atomic E-state index is 14.7. The lowest BCUT2D eigenvalue weighted by atomic mass is 10.3. The van der Waals surface area contributed by atoms with Crippen molar-refractivity contribution in [2.75, 3.05) is 18.5 Å². The molecule has 166 valence electrons. The summed E-state index contributed by atoms with van der Waals surface area (Å²) in [5.74, 6) is -0.268. The molecule has 2 aromatic heterocycles. The fourth-order valence-electron chi connectivity index (χ4n) is 2.58. The van der Waals surface area contributed by atoms with E-state index < -0.39 is 15.7 Å². The van der Waals surface area contributed by atoms with Gasteiger partial charge in [-0.3, -0.25) is 0 Å². The molecule has 1 aromatic carbocycles. The van der Waals surface area contributed by atoms with Crippen molar-refractivity contribution in [1.82, 2.24) is 15.0 Å². The van der Waals surface area contributed by atoms with Crippen LogP contribution in [0.1, 0.15) is 32.5 Å². The molecule has 0 atom stereocenters. The molecule has 0 radical (unpaired) electrons. The van der Waals surface area contributed by atoms with Crippen LogP contribution in [0.25, 0.3) is 0 Å². The van der Waals surface area contributed by atoms with Crippen molar-refractivity contribution >= 4 is 32.1 Å². The molecule has 0 saturated carbocycles. The standard InChI is InChI=1S/C20H23FN4O4S2/c1-4-6-10-29-19-17(21)18(23-13(3)24-19)25-20-22-12-16(30-20)31(26,27)15-9-7-8-14(11-15)28-5-2/h7-9,11-12H,4-6,10H2,1-3H3,(H,22,23,24,25). The predicted octanol–water partition coefficient (Wildman–Crippen LogP) is 4.53. The predicted molar refractivity (Wildman–Crippen MR) is 116 cm³/mol. The van der Waals surface area contributed by atoms with Gasteiger partial charge >= 0.3 is 0 Å². The van der Waals surface area contributed by atoms with Crippen LogP contribution in [0.15, 0.2) is 39.6 Å². The van der Waals surface area contributed by atoms with E-state index in [-0.39, 0.29) is 25.9 Å². The van der Waals surface area contributed by atoms with Gasteiger partial charge in [0.1, 0.15) is 15.8 Å². The normalized spacial score (nSPS) is 11.4. The van der Waals surface area contributed by atoms with E-state index in [1.807, 2.05) is 13.8 Å². The van der Waals surface area contributed by atoms with Crippen LogP contribution in [0.3, 0.4) is 0 Å². The van der Waals surface area contributed by atoms with Gasteiger partial charge in [-0.05, 0) is 38.5 Å². The fraction of sp³-hybridized carbons (Fsp3) is 0.350. The van der Waals surface area contributed by atoms with Crippen molar-refractivity contribution in [3.8, 4) is 11.6 Å². The lowest BCUT2D eigenvalue weighted by Crippen LogP contribution is -2.07. The maximum absolute atomic E-state index is 14.7. The summed E-state index contributed by atoms with van der Waals surface area (Å²) >= 11 is 0.872. The molecule has 0 spiro atoms. The number of unbranched alkanes of at least 4 members (excludes halogenated alkanes) is 1. The van der Waals surface area contributed by atoms with Crippen LogP contribution in [0.2, 0.25) is 0 Å². The second-order valence-electron chi connectivity index (χ2n) is 6.46. The van der Waals surface area contributed by atoms with Gasteiger partial charge in [-0.25, -0.2) is 18.4 Å². The summed E-state index contributed by atoms with van der Waals surface area (Å²) in [6.45, 7) is 6.19. The Morgan fingerprint density at radius 3 is 2.74 bits per heavy atom. The van der Waals surface area contributed by atoms with Crippen LogP contribution in [-0.4, -0.2) is 36.6 Å². The van der Waals surface area contributed by atoms with Crippen LogP contribution in [0.5, 0.6) is 11.6 Å². The maximum Gasteiger partial charge on any atom is 0.256 e. The highest BCUT2D eigenvalue weighted by atomic mass is 32.2. The van der Waals surface area contributed by atoms with Gasteiger partial charge in [0, 0.05) is 0 Å². The summed E-state index contributed by atoms with van der Waals surface area (Å²) in [5, 5.41) is 2.91. The van der Waals surface area contributed by atoms with Crippen molar-refractivity contribution in [3.63, 3.8) is 0 Å². The Balaban J connectivity index is 1.84. The molecule has 0 fully saturated rings. The quantitative estimate of drug-likeness (QED) is 0.435. The van der Waals surface area contributed by atoms with Gasteiger partial charge in [0.2, 0.25) is 15.7 Å². The first-order valence-corrected chi connectivity index (χ1v) is 12.0. The highest BCUT2D eigenvalue weighted by Gasteiger charge is 2.23. The summed E-state index contributed by atoms with van der Waals surface area (Å²) in [6.07, 6.45) is 2.89. The molecule has 0 amide bonds. The third-order valence-corrected chi connectivity index (χ3v) is 7.20. The number of benzene rings is 1. The minimum atomic E-state index is -3.81. The van der Waals surface area contributed by atoms with E-state index in [0.29, 0.717) is 24.8 Å². The molecule has 0 aliphatic carbocycles. The lowest BCUT2D eigenvalue weighted by molar-refractivity contribution is 0.280. The van der Waals surface area contributed by atoms with Crippen LogP contribution in [0.4, 0.5) is 15.3 Å². The number of sulfone groups is 1. The Morgan fingerprint density at radius 2 is 2.00 bits per heavy atom. The van der Waals surface area contributed by atoms with Crippen molar-refractivity contribution in [1.29, 1.82) is 0 Å². The third kappa shape index (κ3) is 5.47. The van der Waals surface area contributed by atoms with E-state index in [4.69, 9.17) is 9.47 Å². The summed E-state index contributed by atoms with van der Waals surface area (Å²) in [7, 11) is -3.81. The number of aromatic nitrogens is 3. The van der Waals surface area contributed by atoms with Crippen LogP contribution in [0, 0.1) is 12.7 Å². The van der Waals surface area contributed by atoms with Crippen LogP contribution < -0.4 is 14.8 Å². The van der Waals surface area contributed by atoms with Crippen LogP contribution >= 0.6 is 11.3 Å². The molecule has 0 unspecified atom stereocenters. The monoisotopic (exact) mass is 466 g/mol. The highest BCUT2D eigenvalue weighted by molar-refractivity contribution is 7.93. The zero-order valence-corrected chi connectivity index (χ0v) is 19.0. The van der Waals surface area contributed by atoms with Gasteiger partial charge in [0.15, 0.2) is 10.9 Å². The summed E-state index contributed by atoms with van der Waals surface area (Å²) in [5.41, 5.74) is 0. The molecule has 31 heavy (non-hydrogen) atoms. The zero-order chi connectivity index (χ0) is 22.4. The number of ether oxygens (including phenoxy) is 2. The number of hydrogen-bond donors (Lipinski definition) is 1. The first kappa shape index (κ1) is 22.9. The molecular formula is C20H23FN4O4S2. The minimum Gasteiger partial charge on any atom is -0.494 e. The minimum absolute atomic E-state index is 0.00857. The second kappa shape index (κ2) is 10.0. The molecule has 11 heteroatoms. The molecular weight excluding hydrogens is 443 g/mol. The Kier molecular flexibility index (Phi) is 7.39. The molecule has 3 aromatic rings. The smallest absolute Gasteiger partial charge is 0.256 e. The molecule has 0 aliphatic rings. The van der Waals surface area contributed by atoms with E-state index >= 15 is 0 Å². The number of hydrogen-bond acceptors (Lipinski definition) is 9. The molecule has 0 bridgehead atoms. The number of nitrogens with zero attached hydrogens (tertiary/aromatic N) is 3. The van der Waals surface area contributed by atoms with E-state index in [2.05, 4.69) is 20.3 Å². The molecule has 2 heterocycles. The topological polar surface area (TPSA) is 103 Å². The third-order valence-electron chi connectivity index (χ3n) is 4.07. The Hall–Kier alpha value is -2.79. The Bertz CT molecular complexity index is 1150. The lowest BCUT2D eigenvalue weighted by Gasteiger charge is -2.10. The molecule has 3 rings (SSSR count). The van der Waals surface area contributed by atoms with Gasteiger partial charge in [0.25, 0.3) is 5.88 Å². The Morgan fingerprint density at radius 1 is 1.19 bits per heavy atom. The average molecular weight is 467 g/mol. The van der Waals surface area contributed by atoms with Crippen molar-refractivity contribution in [2.45, 2.75) is 42.7 Å².